The molecule has 24 heavy (non-hydrogen) atoms. The Kier molecular flexibility index (Phi) is 4.15. The molecule has 122 valence electrons. The van der Waals surface area contributed by atoms with Crippen LogP contribution < -0.4 is 5.32 Å². The molecule has 0 radical (unpaired) electrons. The number of aryl methyl sites for hydroxylation is 1. The number of nitrogens with one attached hydrogen (secondary N) is 1. The standard InChI is InChI=1S/C17H15N3O4/c1-20-14(16(21)22)13(12-8-5-9-18-15(12)20)19-17(23)24-10-11-6-3-2-4-7-11/h2-9H,10H2,1H3,(H,19,23)(H,21,22). The molecular formula is C17H15N3O4. The van der Waals surface area contributed by atoms with E-state index < -0.39 is 12.1 Å². The molecule has 0 saturated carbocycles. The average Bonchev–Trinajstić information content (AvgIpc) is 2.87. The number of fused-ring (bicyclic) bond motifs is 1. The zero-order valence-electron chi connectivity index (χ0n) is 12.9. The van der Waals surface area contributed by atoms with Crippen molar-refractivity contribution in [1.82, 2.24) is 9.55 Å². The predicted molar refractivity (Wildman–Crippen MR) is 87.9 cm³/mol. The Balaban J connectivity index is 1.85. The molecule has 3 aromatic rings. The van der Waals surface area contributed by atoms with Crippen LogP contribution in [0.15, 0.2) is 48.7 Å². The first-order valence-electron chi connectivity index (χ1n) is 7.22. The van der Waals surface area contributed by atoms with E-state index in [2.05, 4.69) is 10.3 Å². The van der Waals surface area contributed by atoms with Gasteiger partial charge in [0.15, 0.2) is 5.69 Å². The summed E-state index contributed by atoms with van der Waals surface area (Å²) >= 11 is 0. The molecule has 0 atom stereocenters. The van der Waals surface area contributed by atoms with Crippen LogP contribution in [0.2, 0.25) is 0 Å². The maximum atomic E-state index is 12.1. The van der Waals surface area contributed by atoms with Gasteiger partial charge >= 0.3 is 12.1 Å². The second-order valence-electron chi connectivity index (χ2n) is 5.15. The summed E-state index contributed by atoms with van der Waals surface area (Å²) in [5, 5.41) is 12.5. The van der Waals surface area contributed by atoms with E-state index in [1.807, 2.05) is 30.3 Å². The van der Waals surface area contributed by atoms with E-state index in [0.29, 0.717) is 11.0 Å². The minimum atomic E-state index is -1.16. The molecule has 2 heterocycles. The number of anilines is 1. The van der Waals surface area contributed by atoms with Crippen LogP contribution in [0.4, 0.5) is 10.5 Å². The molecule has 7 heteroatoms. The van der Waals surface area contributed by atoms with Crippen molar-refractivity contribution >= 4 is 28.8 Å². The predicted octanol–water partition coefficient (Wildman–Crippen LogP) is 3.02. The summed E-state index contributed by atoms with van der Waals surface area (Å²) in [4.78, 5) is 27.7. The van der Waals surface area contributed by atoms with E-state index >= 15 is 0 Å². The molecule has 0 aliphatic heterocycles. The highest BCUT2D eigenvalue weighted by Gasteiger charge is 2.23. The van der Waals surface area contributed by atoms with Crippen molar-refractivity contribution in [1.29, 1.82) is 0 Å². The van der Waals surface area contributed by atoms with Crippen LogP contribution in [0, 0.1) is 0 Å². The lowest BCUT2D eigenvalue weighted by atomic mass is 10.2. The van der Waals surface area contributed by atoms with Crippen molar-refractivity contribution in [2.75, 3.05) is 5.32 Å². The van der Waals surface area contributed by atoms with Gasteiger partial charge < -0.3 is 14.4 Å². The van der Waals surface area contributed by atoms with Gasteiger partial charge in [0.05, 0.1) is 5.69 Å². The Morgan fingerprint density at radius 2 is 1.96 bits per heavy atom. The van der Waals surface area contributed by atoms with Crippen molar-refractivity contribution in [3.05, 3.63) is 59.9 Å². The van der Waals surface area contributed by atoms with Gasteiger partial charge in [-0.2, -0.15) is 0 Å². The number of ether oxygens (including phenoxy) is 1. The van der Waals surface area contributed by atoms with Gasteiger partial charge in [-0.3, -0.25) is 5.32 Å². The number of nitrogens with zero attached hydrogens (tertiary/aromatic N) is 2. The lowest BCUT2D eigenvalue weighted by Gasteiger charge is -2.07. The van der Waals surface area contributed by atoms with E-state index in [1.165, 1.54) is 4.57 Å². The van der Waals surface area contributed by atoms with Gasteiger partial charge in [0.2, 0.25) is 0 Å². The topological polar surface area (TPSA) is 93.5 Å². The molecular weight excluding hydrogens is 310 g/mol. The summed E-state index contributed by atoms with van der Waals surface area (Å²) in [7, 11) is 1.58. The van der Waals surface area contributed by atoms with E-state index in [1.54, 1.807) is 25.4 Å². The SMILES string of the molecule is Cn1c(C(=O)O)c(NC(=O)OCc2ccccc2)c2cccnc21. The number of carboxylic acid groups (broad SMARTS) is 1. The zero-order chi connectivity index (χ0) is 17.1. The lowest BCUT2D eigenvalue weighted by Crippen LogP contribution is -2.16. The zero-order valence-corrected chi connectivity index (χ0v) is 12.9. The van der Waals surface area contributed by atoms with Crippen LogP contribution >= 0.6 is 0 Å². The average molecular weight is 325 g/mol. The van der Waals surface area contributed by atoms with Crippen molar-refractivity contribution in [2.24, 2.45) is 7.05 Å². The van der Waals surface area contributed by atoms with Gasteiger partial charge in [-0.05, 0) is 17.7 Å². The molecule has 2 aromatic heterocycles. The first-order valence-corrected chi connectivity index (χ1v) is 7.22. The van der Waals surface area contributed by atoms with Gasteiger partial charge in [-0.1, -0.05) is 30.3 Å². The van der Waals surface area contributed by atoms with Crippen LogP contribution in [0.1, 0.15) is 16.1 Å². The Morgan fingerprint density at radius 1 is 1.21 bits per heavy atom. The van der Waals surface area contributed by atoms with Crippen LogP contribution in [0.25, 0.3) is 11.0 Å². The van der Waals surface area contributed by atoms with Crippen LogP contribution in [-0.2, 0) is 18.4 Å². The van der Waals surface area contributed by atoms with Crippen LogP contribution in [0.3, 0.4) is 0 Å². The molecule has 1 amide bonds. The van der Waals surface area contributed by atoms with Crippen molar-refractivity contribution in [2.45, 2.75) is 6.61 Å². The monoisotopic (exact) mass is 325 g/mol. The highest BCUT2D eigenvalue weighted by atomic mass is 16.5. The second kappa shape index (κ2) is 6.41. The number of carboxylic acids is 1. The Labute approximate surface area is 137 Å². The largest absolute Gasteiger partial charge is 0.477 e. The first kappa shape index (κ1) is 15.5. The number of benzene rings is 1. The third-order valence-electron chi connectivity index (χ3n) is 3.59. The first-order chi connectivity index (χ1) is 11.6. The minimum Gasteiger partial charge on any atom is -0.477 e. The summed E-state index contributed by atoms with van der Waals surface area (Å²) in [6, 6.07) is 12.6. The summed E-state index contributed by atoms with van der Waals surface area (Å²) in [5.41, 5.74) is 1.42. The van der Waals surface area contributed by atoms with Gasteiger partial charge in [-0.25, -0.2) is 14.6 Å². The number of amides is 1. The minimum absolute atomic E-state index is 0.0552. The molecule has 0 fully saturated rings. The lowest BCUT2D eigenvalue weighted by molar-refractivity contribution is 0.0688. The molecule has 0 spiro atoms. The number of aromatic carboxylic acids is 1. The van der Waals surface area contributed by atoms with E-state index in [0.717, 1.165) is 5.56 Å². The van der Waals surface area contributed by atoms with E-state index in [-0.39, 0.29) is 18.0 Å². The summed E-state index contributed by atoms with van der Waals surface area (Å²) < 4.78 is 6.57. The molecule has 0 aliphatic carbocycles. The smallest absolute Gasteiger partial charge is 0.412 e. The number of hydrogen-bond acceptors (Lipinski definition) is 4. The molecule has 2 N–H and O–H groups in total. The maximum absolute atomic E-state index is 12.1. The fraction of sp³-hybridized carbons (Fsp3) is 0.118. The quantitative estimate of drug-likeness (QED) is 0.769. The third-order valence-corrected chi connectivity index (χ3v) is 3.59. The number of pyridine rings is 1. The van der Waals surface area contributed by atoms with E-state index in [4.69, 9.17) is 4.74 Å². The molecule has 7 nitrogen and oxygen atoms in total. The normalized spacial score (nSPS) is 10.5. The Bertz CT molecular complexity index is 903. The molecule has 1 aromatic carbocycles. The molecule has 0 saturated heterocycles. The number of rotatable bonds is 4. The van der Waals surface area contributed by atoms with Gasteiger partial charge in [0.25, 0.3) is 0 Å². The summed E-state index contributed by atoms with van der Waals surface area (Å²) in [6.07, 6.45) is 0.837. The summed E-state index contributed by atoms with van der Waals surface area (Å²) in [6.45, 7) is 0.0953. The molecule has 3 rings (SSSR count). The van der Waals surface area contributed by atoms with Crippen molar-refractivity contribution in [3.8, 4) is 0 Å². The molecule has 0 bridgehead atoms. The third kappa shape index (κ3) is 2.91. The number of carbonyl (C=O) groups excluding carboxylic acids is 1. The van der Waals surface area contributed by atoms with Gasteiger partial charge in [-0.15, -0.1) is 0 Å². The Hall–Kier alpha value is -3.35. The fourth-order valence-corrected chi connectivity index (χ4v) is 2.50. The number of aromatic nitrogens is 2. The highest BCUT2D eigenvalue weighted by Crippen LogP contribution is 2.29. The van der Waals surface area contributed by atoms with E-state index in [9.17, 15) is 14.7 Å². The van der Waals surface area contributed by atoms with Gasteiger partial charge in [0.1, 0.15) is 12.3 Å². The summed E-state index contributed by atoms with van der Waals surface area (Å²) in [5.74, 6) is -1.16. The fourth-order valence-electron chi connectivity index (χ4n) is 2.50. The number of hydrogen-bond donors (Lipinski definition) is 2. The maximum Gasteiger partial charge on any atom is 0.412 e. The molecule has 0 unspecified atom stereocenters. The van der Waals surface area contributed by atoms with Crippen molar-refractivity contribution < 1.29 is 19.4 Å². The highest BCUT2D eigenvalue weighted by molar-refractivity contribution is 6.09. The second-order valence-corrected chi connectivity index (χ2v) is 5.15. The van der Waals surface area contributed by atoms with Crippen LogP contribution in [-0.4, -0.2) is 26.7 Å². The Morgan fingerprint density at radius 3 is 2.67 bits per heavy atom. The van der Waals surface area contributed by atoms with Crippen molar-refractivity contribution in [3.63, 3.8) is 0 Å². The number of carbonyl (C=O) groups is 2. The molecule has 0 aliphatic rings. The van der Waals surface area contributed by atoms with Gasteiger partial charge in [0, 0.05) is 18.6 Å². The van der Waals surface area contributed by atoms with Crippen LogP contribution in [0.5, 0.6) is 0 Å².